The highest BCUT2D eigenvalue weighted by atomic mass is 14.2. The zero-order chi connectivity index (χ0) is 16.8. The molecule has 24 heavy (non-hydrogen) atoms. The van der Waals surface area contributed by atoms with Gasteiger partial charge in [-0.2, -0.15) is 5.26 Å². The minimum absolute atomic E-state index is 0.718. The summed E-state index contributed by atoms with van der Waals surface area (Å²) in [6, 6.07) is 19.1. The van der Waals surface area contributed by atoms with Crippen LogP contribution in [0.15, 0.2) is 48.5 Å². The average molecular weight is 317 g/mol. The van der Waals surface area contributed by atoms with Crippen molar-refractivity contribution in [1.82, 2.24) is 0 Å². The van der Waals surface area contributed by atoms with E-state index in [1.807, 2.05) is 24.3 Å². The van der Waals surface area contributed by atoms with Crippen molar-refractivity contribution in [2.24, 2.45) is 5.92 Å². The van der Waals surface area contributed by atoms with Crippen molar-refractivity contribution < 1.29 is 0 Å². The van der Waals surface area contributed by atoms with Crippen LogP contribution < -0.4 is 0 Å². The van der Waals surface area contributed by atoms with Crippen LogP contribution in [0.4, 0.5) is 0 Å². The second-order valence-corrected chi connectivity index (χ2v) is 7.17. The van der Waals surface area contributed by atoms with Gasteiger partial charge in [-0.1, -0.05) is 69.0 Å². The van der Waals surface area contributed by atoms with Crippen molar-refractivity contribution in [3.63, 3.8) is 0 Å². The molecule has 1 saturated carbocycles. The highest BCUT2D eigenvalue weighted by molar-refractivity contribution is 5.64. The van der Waals surface area contributed by atoms with Crippen molar-refractivity contribution in [2.45, 2.75) is 57.8 Å². The van der Waals surface area contributed by atoms with Gasteiger partial charge in [-0.05, 0) is 59.9 Å². The van der Waals surface area contributed by atoms with E-state index in [-0.39, 0.29) is 0 Å². The van der Waals surface area contributed by atoms with Crippen LogP contribution in [0.5, 0.6) is 0 Å². The van der Waals surface area contributed by atoms with Crippen LogP contribution in [0.2, 0.25) is 0 Å². The van der Waals surface area contributed by atoms with E-state index in [1.54, 1.807) is 0 Å². The molecule has 3 rings (SSSR count). The molecule has 2 aromatic rings. The predicted molar refractivity (Wildman–Crippen MR) is 101 cm³/mol. The molecule has 0 aromatic heterocycles. The van der Waals surface area contributed by atoms with E-state index in [0.717, 1.165) is 17.4 Å². The van der Waals surface area contributed by atoms with Crippen LogP contribution in [0, 0.1) is 17.2 Å². The van der Waals surface area contributed by atoms with Gasteiger partial charge in [0.2, 0.25) is 0 Å². The molecule has 1 heteroatoms. The lowest BCUT2D eigenvalue weighted by atomic mass is 9.89. The van der Waals surface area contributed by atoms with Crippen molar-refractivity contribution in [3.8, 4) is 17.2 Å². The van der Waals surface area contributed by atoms with Gasteiger partial charge < -0.3 is 0 Å². The zero-order valence-electron chi connectivity index (χ0n) is 14.7. The van der Waals surface area contributed by atoms with Gasteiger partial charge in [0, 0.05) is 0 Å². The molecule has 1 aliphatic rings. The van der Waals surface area contributed by atoms with Crippen LogP contribution in [0.3, 0.4) is 0 Å². The van der Waals surface area contributed by atoms with Gasteiger partial charge in [0.05, 0.1) is 11.6 Å². The Balaban J connectivity index is 1.68. The molecule has 0 bridgehead atoms. The number of nitrogens with zero attached hydrogens (tertiary/aromatic N) is 1. The van der Waals surface area contributed by atoms with Gasteiger partial charge in [0.15, 0.2) is 0 Å². The fourth-order valence-electron chi connectivity index (χ4n) is 4.09. The van der Waals surface area contributed by atoms with Gasteiger partial charge in [0.25, 0.3) is 0 Å². The fourth-order valence-corrected chi connectivity index (χ4v) is 4.09. The van der Waals surface area contributed by atoms with Crippen LogP contribution >= 0.6 is 0 Å². The van der Waals surface area contributed by atoms with Gasteiger partial charge in [-0.15, -0.1) is 0 Å². The number of rotatable bonds is 4. The summed E-state index contributed by atoms with van der Waals surface area (Å²) in [7, 11) is 0. The van der Waals surface area contributed by atoms with E-state index < -0.39 is 0 Å². The summed E-state index contributed by atoms with van der Waals surface area (Å²) in [4.78, 5) is 0. The Bertz CT molecular complexity index is 675. The molecular formula is C23H27N. The molecule has 2 atom stereocenters. The third-order valence-corrected chi connectivity index (χ3v) is 5.51. The number of nitriles is 1. The molecule has 0 spiro atoms. The Morgan fingerprint density at radius 2 is 1.54 bits per heavy atom. The van der Waals surface area contributed by atoms with E-state index in [2.05, 4.69) is 37.3 Å². The van der Waals surface area contributed by atoms with E-state index in [9.17, 15) is 0 Å². The van der Waals surface area contributed by atoms with Crippen LogP contribution in [-0.2, 0) is 0 Å². The lowest BCUT2D eigenvalue weighted by Gasteiger charge is -2.16. The lowest BCUT2D eigenvalue weighted by Crippen LogP contribution is -1.99. The number of hydrogen-bond acceptors (Lipinski definition) is 1. The Hall–Kier alpha value is -2.07. The minimum Gasteiger partial charge on any atom is -0.192 e. The molecule has 0 N–H and O–H groups in total. The second kappa shape index (κ2) is 8.15. The first-order valence-corrected chi connectivity index (χ1v) is 9.40. The lowest BCUT2D eigenvalue weighted by molar-refractivity contribution is 0.421. The summed E-state index contributed by atoms with van der Waals surface area (Å²) in [6.45, 7) is 2.31. The third-order valence-electron chi connectivity index (χ3n) is 5.51. The largest absolute Gasteiger partial charge is 0.192 e. The van der Waals surface area contributed by atoms with Gasteiger partial charge >= 0.3 is 0 Å². The smallest absolute Gasteiger partial charge is 0.0991 e. The van der Waals surface area contributed by atoms with Gasteiger partial charge in [-0.25, -0.2) is 0 Å². The Labute approximate surface area is 146 Å². The maximum atomic E-state index is 8.90. The Kier molecular flexibility index (Phi) is 5.70. The first-order valence-electron chi connectivity index (χ1n) is 9.40. The summed E-state index contributed by atoms with van der Waals surface area (Å²) in [5, 5.41) is 8.90. The van der Waals surface area contributed by atoms with E-state index in [1.165, 1.54) is 61.6 Å². The minimum atomic E-state index is 0.718. The first kappa shape index (κ1) is 16.8. The maximum Gasteiger partial charge on any atom is 0.0991 e. The molecule has 2 unspecified atom stereocenters. The number of benzene rings is 2. The Morgan fingerprint density at radius 1 is 0.875 bits per heavy atom. The monoisotopic (exact) mass is 317 g/mol. The van der Waals surface area contributed by atoms with Crippen molar-refractivity contribution >= 4 is 0 Å². The van der Waals surface area contributed by atoms with Crippen molar-refractivity contribution in [1.29, 1.82) is 5.26 Å². The predicted octanol–water partition coefficient (Wildman–Crippen LogP) is 6.69. The molecule has 0 saturated heterocycles. The Morgan fingerprint density at radius 3 is 2.17 bits per heavy atom. The van der Waals surface area contributed by atoms with Crippen LogP contribution in [0.25, 0.3) is 11.1 Å². The van der Waals surface area contributed by atoms with E-state index in [0.29, 0.717) is 0 Å². The zero-order valence-corrected chi connectivity index (χ0v) is 14.7. The molecular weight excluding hydrogens is 290 g/mol. The average Bonchev–Trinajstić information content (AvgIpc) is 2.88. The molecule has 1 fully saturated rings. The molecule has 0 radical (unpaired) electrons. The van der Waals surface area contributed by atoms with Gasteiger partial charge in [0.1, 0.15) is 0 Å². The van der Waals surface area contributed by atoms with Crippen LogP contribution in [-0.4, -0.2) is 0 Å². The quantitative estimate of drug-likeness (QED) is 0.576. The van der Waals surface area contributed by atoms with E-state index in [4.69, 9.17) is 5.26 Å². The van der Waals surface area contributed by atoms with E-state index >= 15 is 0 Å². The second-order valence-electron chi connectivity index (χ2n) is 7.17. The third kappa shape index (κ3) is 4.06. The maximum absolute atomic E-state index is 8.90. The molecule has 1 aliphatic carbocycles. The molecule has 2 aromatic carbocycles. The SMILES string of the molecule is CCCC1CCCC(c2ccc(-c3ccc(C#N)cc3)cc2)CC1. The standard InChI is InChI=1S/C23H27N/c1-2-4-18-5-3-6-20(10-7-18)22-13-15-23(16-14-22)21-11-8-19(17-24)9-12-21/h8-9,11-16,18,20H,2-7,10H2,1H3. The summed E-state index contributed by atoms with van der Waals surface area (Å²) in [6.07, 6.45) is 9.63. The molecule has 124 valence electrons. The topological polar surface area (TPSA) is 23.8 Å². The normalized spacial score (nSPS) is 21.0. The van der Waals surface area contributed by atoms with Crippen molar-refractivity contribution in [3.05, 3.63) is 59.7 Å². The highest BCUT2D eigenvalue weighted by Gasteiger charge is 2.19. The summed E-state index contributed by atoms with van der Waals surface area (Å²) < 4.78 is 0. The van der Waals surface area contributed by atoms with Crippen LogP contribution in [0.1, 0.15) is 68.9 Å². The first-order chi connectivity index (χ1) is 11.8. The summed E-state index contributed by atoms with van der Waals surface area (Å²) >= 11 is 0. The molecule has 0 amide bonds. The number of hydrogen-bond donors (Lipinski definition) is 0. The summed E-state index contributed by atoms with van der Waals surface area (Å²) in [5.74, 6) is 1.69. The molecule has 1 nitrogen and oxygen atoms in total. The van der Waals surface area contributed by atoms with Crippen molar-refractivity contribution in [2.75, 3.05) is 0 Å². The fraction of sp³-hybridized carbons (Fsp3) is 0.435. The molecule has 0 aliphatic heterocycles. The summed E-state index contributed by atoms with van der Waals surface area (Å²) in [5.41, 5.74) is 4.64. The molecule has 0 heterocycles. The van der Waals surface area contributed by atoms with Gasteiger partial charge in [-0.3, -0.25) is 0 Å². The highest BCUT2D eigenvalue weighted by Crippen LogP contribution is 2.36.